The highest BCUT2D eigenvalue weighted by Gasteiger charge is 2.29. The first-order valence-electron chi connectivity index (χ1n) is 10.0. The normalized spacial score (nSPS) is 13.5. The van der Waals surface area contributed by atoms with Crippen LogP contribution in [0.5, 0.6) is 11.5 Å². The average molecular weight is 402 g/mol. The van der Waals surface area contributed by atoms with E-state index in [1.165, 1.54) is 18.5 Å². The number of aromatic hydroxyl groups is 1. The number of rotatable bonds is 7. The largest absolute Gasteiger partial charge is 0.508 e. The Morgan fingerprint density at radius 2 is 1.93 bits per heavy atom. The first-order chi connectivity index (χ1) is 14.7. The van der Waals surface area contributed by atoms with Gasteiger partial charge in [0.25, 0.3) is 0 Å². The number of imidazole rings is 1. The Bertz CT molecular complexity index is 1160. The van der Waals surface area contributed by atoms with Gasteiger partial charge in [-0.1, -0.05) is 17.3 Å². The first kappa shape index (κ1) is 18.4. The molecule has 1 saturated carbocycles. The van der Waals surface area contributed by atoms with Crippen molar-refractivity contribution in [1.29, 1.82) is 0 Å². The van der Waals surface area contributed by atoms with Crippen LogP contribution in [0.15, 0.2) is 59.3 Å². The fourth-order valence-corrected chi connectivity index (χ4v) is 3.63. The van der Waals surface area contributed by atoms with Crippen molar-refractivity contribution in [3.8, 4) is 34.3 Å². The molecule has 0 spiro atoms. The highest BCUT2D eigenvalue weighted by molar-refractivity contribution is 5.58. The molecule has 0 amide bonds. The molecule has 1 fully saturated rings. The third-order valence-corrected chi connectivity index (χ3v) is 5.30. The summed E-state index contributed by atoms with van der Waals surface area (Å²) in [6.45, 7) is 0. The summed E-state index contributed by atoms with van der Waals surface area (Å²) < 4.78 is 13.0. The van der Waals surface area contributed by atoms with E-state index in [0.29, 0.717) is 24.2 Å². The number of hydrogen-bond acceptors (Lipinski definition) is 6. The second-order valence-electron chi connectivity index (χ2n) is 7.46. The van der Waals surface area contributed by atoms with Crippen LogP contribution in [0.3, 0.4) is 0 Å². The third kappa shape index (κ3) is 3.66. The van der Waals surface area contributed by atoms with Gasteiger partial charge < -0.3 is 18.9 Å². The zero-order chi connectivity index (χ0) is 20.5. The van der Waals surface area contributed by atoms with Crippen LogP contribution in [0.25, 0.3) is 22.8 Å². The summed E-state index contributed by atoms with van der Waals surface area (Å²) in [7, 11) is 1.67. The molecule has 0 unspecified atom stereocenters. The smallest absolute Gasteiger partial charge is 0.227 e. The standard InChI is InChI=1S/C23H22N4O3/c1-29-20-10-5-15(6-11-20)23-24-14-18(27(23)17-7-8-17)9-12-21-25-22(26-30-21)16-3-2-4-19(28)13-16/h2-6,10-11,13-14,17,28H,7-9,12H2,1H3. The lowest BCUT2D eigenvalue weighted by atomic mass is 10.2. The fraction of sp³-hybridized carbons (Fsp3) is 0.261. The summed E-state index contributed by atoms with van der Waals surface area (Å²) in [5.41, 5.74) is 2.98. The van der Waals surface area contributed by atoms with Crippen molar-refractivity contribution >= 4 is 0 Å². The van der Waals surface area contributed by atoms with Gasteiger partial charge in [0, 0.05) is 35.5 Å². The molecule has 7 nitrogen and oxygen atoms in total. The second-order valence-corrected chi connectivity index (χ2v) is 7.46. The minimum atomic E-state index is 0.179. The van der Waals surface area contributed by atoms with E-state index < -0.39 is 0 Å². The van der Waals surface area contributed by atoms with Gasteiger partial charge in [-0.05, 0) is 55.7 Å². The molecular formula is C23H22N4O3. The summed E-state index contributed by atoms with van der Waals surface area (Å²) in [4.78, 5) is 9.18. The van der Waals surface area contributed by atoms with E-state index in [2.05, 4.69) is 14.7 Å². The Kier molecular flexibility index (Phi) is 4.71. The van der Waals surface area contributed by atoms with Crippen molar-refractivity contribution in [2.45, 2.75) is 31.7 Å². The summed E-state index contributed by atoms with van der Waals surface area (Å²) in [6.07, 6.45) is 5.70. The highest BCUT2D eigenvalue weighted by Crippen LogP contribution is 2.40. The van der Waals surface area contributed by atoms with Gasteiger partial charge in [-0.15, -0.1) is 0 Å². The zero-order valence-electron chi connectivity index (χ0n) is 16.7. The summed E-state index contributed by atoms with van der Waals surface area (Å²) in [5.74, 6) is 3.06. The molecule has 1 aliphatic carbocycles. The van der Waals surface area contributed by atoms with Gasteiger partial charge in [-0.25, -0.2) is 4.98 Å². The Hall–Kier alpha value is -3.61. The highest BCUT2D eigenvalue weighted by atomic mass is 16.5. The van der Waals surface area contributed by atoms with Gasteiger partial charge in [0.2, 0.25) is 11.7 Å². The van der Waals surface area contributed by atoms with Crippen molar-refractivity contribution in [1.82, 2.24) is 19.7 Å². The maximum atomic E-state index is 9.64. The number of phenols is 1. The van der Waals surface area contributed by atoms with Crippen LogP contribution in [-0.4, -0.2) is 31.9 Å². The van der Waals surface area contributed by atoms with E-state index in [9.17, 15) is 5.11 Å². The van der Waals surface area contributed by atoms with Gasteiger partial charge in [-0.2, -0.15) is 4.98 Å². The topological polar surface area (TPSA) is 86.2 Å². The quantitative estimate of drug-likeness (QED) is 0.492. The molecule has 7 heteroatoms. The molecule has 0 radical (unpaired) electrons. The van der Waals surface area contributed by atoms with Gasteiger partial charge in [0.1, 0.15) is 17.3 Å². The summed E-state index contributed by atoms with van der Waals surface area (Å²) in [5, 5.41) is 13.7. The van der Waals surface area contributed by atoms with Crippen LogP contribution < -0.4 is 4.74 Å². The molecular weight excluding hydrogens is 380 g/mol. The SMILES string of the molecule is COc1ccc(-c2ncc(CCc3nc(-c4cccc(O)c4)no3)n2C2CC2)cc1. The number of ether oxygens (including phenoxy) is 1. The maximum Gasteiger partial charge on any atom is 0.227 e. The van der Waals surface area contributed by atoms with Crippen LogP contribution in [-0.2, 0) is 12.8 Å². The second kappa shape index (κ2) is 7.67. The predicted molar refractivity (Wildman–Crippen MR) is 111 cm³/mol. The molecule has 152 valence electrons. The molecule has 1 aliphatic rings. The van der Waals surface area contributed by atoms with E-state index in [-0.39, 0.29) is 5.75 Å². The minimum Gasteiger partial charge on any atom is -0.508 e. The molecule has 30 heavy (non-hydrogen) atoms. The van der Waals surface area contributed by atoms with Crippen LogP contribution in [0.4, 0.5) is 0 Å². The molecule has 0 atom stereocenters. The number of aryl methyl sites for hydroxylation is 2. The van der Waals surface area contributed by atoms with E-state index in [1.54, 1.807) is 25.3 Å². The molecule has 5 rings (SSSR count). The molecule has 0 aliphatic heterocycles. The molecule has 0 saturated heterocycles. The molecule has 4 aromatic rings. The van der Waals surface area contributed by atoms with Crippen molar-refractivity contribution in [3.63, 3.8) is 0 Å². The Labute approximate surface area is 174 Å². The number of hydrogen-bond donors (Lipinski definition) is 1. The molecule has 2 heterocycles. The van der Waals surface area contributed by atoms with E-state index in [1.807, 2.05) is 36.5 Å². The average Bonchev–Trinajstić information content (AvgIpc) is 3.34. The Morgan fingerprint density at radius 3 is 2.67 bits per heavy atom. The lowest BCUT2D eigenvalue weighted by molar-refractivity contribution is 0.378. The Balaban J connectivity index is 1.35. The monoisotopic (exact) mass is 402 g/mol. The van der Waals surface area contributed by atoms with Gasteiger partial charge in [0.05, 0.1) is 7.11 Å². The van der Waals surface area contributed by atoms with Gasteiger partial charge >= 0.3 is 0 Å². The van der Waals surface area contributed by atoms with E-state index >= 15 is 0 Å². The zero-order valence-corrected chi connectivity index (χ0v) is 16.7. The third-order valence-electron chi connectivity index (χ3n) is 5.30. The van der Waals surface area contributed by atoms with Gasteiger partial charge in [0.15, 0.2) is 0 Å². The number of aromatic nitrogens is 4. The van der Waals surface area contributed by atoms with Crippen LogP contribution in [0.2, 0.25) is 0 Å². The van der Waals surface area contributed by atoms with Crippen molar-refractivity contribution < 1.29 is 14.4 Å². The van der Waals surface area contributed by atoms with Crippen LogP contribution >= 0.6 is 0 Å². The van der Waals surface area contributed by atoms with Gasteiger partial charge in [-0.3, -0.25) is 0 Å². The molecule has 1 N–H and O–H groups in total. The van der Waals surface area contributed by atoms with E-state index in [0.717, 1.165) is 29.1 Å². The molecule has 2 aromatic carbocycles. The minimum absolute atomic E-state index is 0.179. The number of methoxy groups -OCH3 is 1. The molecule has 0 bridgehead atoms. The summed E-state index contributed by atoms with van der Waals surface area (Å²) in [6, 6.07) is 15.4. The first-order valence-corrected chi connectivity index (χ1v) is 10.0. The maximum absolute atomic E-state index is 9.64. The number of nitrogens with zero attached hydrogens (tertiary/aromatic N) is 4. The van der Waals surface area contributed by atoms with Crippen molar-refractivity contribution in [3.05, 3.63) is 66.3 Å². The van der Waals surface area contributed by atoms with Crippen LogP contribution in [0, 0.1) is 0 Å². The fourth-order valence-electron chi connectivity index (χ4n) is 3.63. The van der Waals surface area contributed by atoms with Crippen molar-refractivity contribution in [2.24, 2.45) is 0 Å². The summed E-state index contributed by atoms with van der Waals surface area (Å²) >= 11 is 0. The number of phenolic OH excluding ortho intramolecular Hbond substituents is 1. The lowest BCUT2D eigenvalue weighted by Gasteiger charge is -2.11. The predicted octanol–water partition coefficient (Wildman–Crippen LogP) is 4.43. The Morgan fingerprint density at radius 1 is 1.10 bits per heavy atom. The molecule has 2 aromatic heterocycles. The lowest BCUT2D eigenvalue weighted by Crippen LogP contribution is -2.04. The van der Waals surface area contributed by atoms with E-state index in [4.69, 9.17) is 14.2 Å². The van der Waals surface area contributed by atoms with Crippen molar-refractivity contribution in [2.75, 3.05) is 7.11 Å². The number of benzene rings is 2. The van der Waals surface area contributed by atoms with Crippen LogP contribution in [0.1, 0.15) is 30.5 Å².